The van der Waals surface area contributed by atoms with E-state index in [9.17, 15) is 4.79 Å². The monoisotopic (exact) mass is 454 g/mol. The van der Waals surface area contributed by atoms with Crippen LogP contribution in [0, 0.1) is 0 Å². The quantitative estimate of drug-likeness (QED) is 0.734. The molecule has 4 nitrogen and oxygen atoms in total. The van der Waals surface area contributed by atoms with Crippen molar-refractivity contribution >= 4 is 59.4 Å². The minimum absolute atomic E-state index is 0.0525. The van der Waals surface area contributed by atoms with Crippen LogP contribution in [0.5, 0.6) is 0 Å². The van der Waals surface area contributed by atoms with E-state index >= 15 is 0 Å². The molecule has 1 aromatic rings. The van der Waals surface area contributed by atoms with E-state index in [1.807, 2.05) is 12.1 Å². The molecule has 1 amide bonds. The molecule has 1 saturated heterocycles. The topological polar surface area (TPSA) is 50.4 Å². The van der Waals surface area contributed by atoms with Crippen molar-refractivity contribution in [3.8, 4) is 0 Å². The first-order valence-corrected chi connectivity index (χ1v) is 8.10. The molecule has 0 radical (unpaired) electrons. The van der Waals surface area contributed by atoms with Gasteiger partial charge in [0.2, 0.25) is 5.91 Å². The van der Waals surface area contributed by atoms with Gasteiger partial charge in [-0.3, -0.25) is 4.79 Å². The lowest BCUT2D eigenvalue weighted by Gasteiger charge is -2.14. The van der Waals surface area contributed by atoms with Crippen molar-refractivity contribution in [2.24, 2.45) is 0 Å². The largest absolute Gasteiger partial charge is 0.380 e. The number of hydrogen-bond donors (Lipinski definition) is 2. The molecule has 2 atom stereocenters. The fraction of sp³-hybridized carbons (Fsp3) is 0.417. The number of carbonyl (C=O) groups is 1. The zero-order valence-corrected chi connectivity index (χ0v) is 14.9. The molecule has 7 heteroatoms. The van der Waals surface area contributed by atoms with Gasteiger partial charge in [0, 0.05) is 27.1 Å². The fourth-order valence-corrected chi connectivity index (χ4v) is 4.41. The maximum Gasteiger partial charge on any atom is 0.241 e. The van der Waals surface area contributed by atoms with E-state index in [4.69, 9.17) is 4.74 Å². The van der Waals surface area contributed by atoms with Gasteiger partial charge < -0.3 is 15.4 Å². The van der Waals surface area contributed by atoms with Crippen molar-refractivity contribution in [1.29, 1.82) is 0 Å². The van der Waals surface area contributed by atoms with Crippen LogP contribution < -0.4 is 10.6 Å². The van der Waals surface area contributed by atoms with Crippen LogP contribution in [-0.4, -0.2) is 31.7 Å². The molecule has 104 valence electrons. The predicted molar refractivity (Wildman–Crippen MR) is 85.4 cm³/mol. The number of nitrogens with one attached hydrogen (secondary N) is 2. The summed E-state index contributed by atoms with van der Waals surface area (Å²) in [4.78, 5) is 12.2. The summed E-state index contributed by atoms with van der Waals surface area (Å²) in [7, 11) is 1.66. The van der Waals surface area contributed by atoms with Crippen molar-refractivity contribution in [2.45, 2.75) is 18.6 Å². The van der Waals surface area contributed by atoms with Crippen LogP contribution in [0.4, 0.5) is 5.69 Å². The zero-order valence-electron chi connectivity index (χ0n) is 10.2. The first-order chi connectivity index (χ1) is 9.01. The molecule has 0 spiro atoms. The number of hydrogen-bond acceptors (Lipinski definition) is 3. The maximum atomic E-state index is 12.2. The summed E-state index contributed by atoms with van der Waals surface area (Å²) < 4.78 is 7.82. The van der Waals surface area contributed by atoms with Crippen LogP contribution in [0.1, 0.15) is 6.42 Å². The zero-order chi connectivity index (χ0) is 14.0. The van der Waals surface area contributed by atoms with Crippen LogP contribution in [-0.2, 0) is 9.53 Å². The molecule has 1 aliphatic heterocycles. The highest BCUT2D eigenvalue weighted by Gasteiger charge is 2.29. The van der Waals surface area contributed by atoms with Crippen LogP contribution in [0.25, 0.3) is 0 Å². The predicted octanol–water partition coefficient (Wildman–Crippen LogP) is 3.29. The fourth-order valence-electron chi connectivity index (χ4n) is 1.95. The van der Waals surface area contributed by atoms with Crippen molar-refractivity contribution in [3.05, 3.63) is 25.6 Å². The molecule has 19 heavy (non-hydrogen) atoms. The lowest BCUT2D eigenvalue weighted by atomic mass is 10.2. The second-order valence-corrected chi connectivity index (χ2v) is 6.91. The van der Waals surface area contributed by atoms with Gasteiger partial charge in [-0.25, -0.2) is 0 Å². The van der Waals surface area contributed by atoms with E-state index in [0.717, 1.165) is 19.1 Å². The third-order valence-electron chi connectivity index (χ3n) is 3.00. The van der Waals surface area contributed by atoms with E-state index in [1.54, 1.807) is 7.11 Å². The minimum Gasteiger partial charge on any atom is -0.380 e. The Morgan fingerprint density at radius 2 is 2.00 bits per heavy atom. The summed E-state index contributed by atoms with van der Waals surface area (Å²) in [6.45, 7) is 0.706. The number of rotatable bonds is 3. The third-order valence-corrected chi connectivity index (χ3v) is 4.70. The Hall–Kier alpha value is 0.0500. The van der Waals surface area contributed by atoms with Gasteiger partial charge in [0.05, 0.1) is 17.8 Å². The van der Waals surface area contributed by atoms with Gasteiger partial charge in [-0.15, -0.1) is 0 Å². The molecule has 1 aromatic carbocycles. The lowest BCUT2D eigenvalue weighted by molar-refractivity contribution is -0.118. The Morgan fingerprint density at radius 1 is 1.37 bits per heavy atom. The molecule has 1 aliphatic rings. The molecule has 1 heterocycles. The van der Waals surface area contributed by atoms with Gasteiger partial charge in [0.1, 0.15) is 0 Å². The van der Waals surface area contributed by atoms with Crippen LogP contribution in [0.3, 0.4) is 0 Å². The smallest absolute Gasteiger partial charge is 0.241 e. The molecule has 0 saturated carbocycles. The summed E-state index contributed by atoms with van der Waals surface area (Å²) in [5.41, 5.74) is 0.732. The number of methoxy groups -OCH3 is 1. The Bertz CT molecular complexity index is 473. The Morgan fingerprint density at radius 3 is 2.53 bits per heavy atom. The molecule has 2 rings (SSSR count). The molecule has 2 unspecified atom stereocenters. The average Bonchev–Trinajstić information content (AvgIpc) is 2.82. The second kappa shape index (κ2) is 6.67. The summed E-state index contributed by atoms with van der Waals surface area (Å²) >= 11 is 10.3. The Labute approximate surface area is 137 Å². The number of amides is 1. The van der Waals surface area contributed by atoms with E-state index < -0.39 is 0 Å². The standard InChI is InChI=1S/C12H13Br3N2O2/c1-19-7-4-10(16-5-7)12(18)17-11-8(14)2-6(13)3-9(11)15/h2-3,7,10,16H,4-5H2,1H3,(H,17,18). The van der Waals surface area contributed by atoms with E-state index in [-0.39, 0.29) is 18.1 Å². The first kappa shape index (κ1) is 15.4. The van der Waals surface area contributed by atoms with Gasteiger partial charge >= 0.3 is 0 Å². The minimum atomic E-state index is -0.215. The van der Waals surface area contributed by atoms with E-state index in [1.165, 1.54) is 0 Å². The average molecular weight is 457 g/mol. The summed E-state index contributed by atoms with van der Waals surface area (Å²) in [6.07, 6.45) is 0.793. The molecule has 0 aromatic heterocycles. The van der Waals surface area contributed by atoms with Crippen LogP contribution >= 0.6 is 47.8 Å². The van der Waals surface area contributed by atoms with Crippen LogP contribution in [0.2, 0.25) is 0 Å². The summed E-state index contributed by atoms with van der Waals surface area (Å²) in [5.74, 6) is -0.0525. The lowest BCUT2D eigenvalue weighted by Crippen LogP contribution is -2.35. The normalized spacial score (nSPS) is 22.5. The summed E-state index contributed by atoms with van der Waals surface area (Å²) in [5, 5.41) is 6.07. The number of carbonyl (C=O) groups excluding carboxylic acids is 1. The number of halogens is 3. The highest BCUT2D eigenvalue weighted by molar-refractivity contribution is 9.11. The molecule has 1 fully saturated rings. The number of benzene rings is 1. The highest BCUT2D eigenvalue weighted by Crippen LogP contribution is 2.34. The summed E-state index contributed by atoms with van der Waals surface area (Å²) in [6, 6.07) is 3.56. The van der Waals surface area contributed by atoms with E-state index in [2.05, 4.69) is 58.4 Å². The third kappa shape index (κ3) is 3.78. The molecule has 0 aliphatic carbocycles. The molecule has 0 bridgehead atoms. The SMILES string of the molecule is COC1CNC(C(=O)Nc2c(Br)cc(Br)cc2Br)C1. The van der Waals surface area contributed by atoms with Gasteiger partial charge in [-0.05, 0) is 50.4 Å². The maximum absolute atomic E-state index is 12.2. The highest BCUT2D eigenvalue weighted by atomic mass is 79.9. The Balaban J connectivity index is 2.08. The van der Waals surface area contributed by atoms with Crippen molar-refractivity contribution in [1.82, 2.24) is 5.32 Å². The van der Waals surface area contributed by atoms with Gasteiger partial charge in [-0.1, -0.05) is 15.9 Å². The van der Waals surface area contributed by atoms with Crippen molar-refractivity contribution in [3.63, 3.8) is 0 Å². The molecular formula is C12H13Br3N2O2. The van der Waals surface area contributed by atoms with Crippen molar-refractivity contribution < 1.29 is 9.53 Å². The Kier molecular flexibility index (Phi) is 5.42. The van der Waals surface area contributed by atoms with Gasteiger partial charge in [0.25, 0.3) is 0 Å². The molecular weight excluding hydrogens is 444 g/mol. The van der Waals surface area contributed by atoms with Crippen LogP contribution in [0.15, 0.2) is 25.6 Å². The second-order valence-electron chi connectivity index (χ2n) is 4.29. The number of anilines is 1. The molecule has 2 N–H and O–H groups in total. The van der Waals surface area contributed by atoms with Gasteiger partial charge in [-0.2, -0.15) is 0 Å². The first-order valence-electron chi connectivity index (χ1n) is 5.73. The van der Waals surface area contributed by atoms with E-state index in [0.29, 0.717) is 13.0 Å². The number of ether oxygens (including phenoxy) is 1. The van der Waals surface area contributed by atoms with Crippen molar-refractivity contribution in [2.75, 3.05) is 19.0 Å². The van der Waals surface area contributed by atoms with Gasteiger partial charge in [0.15, 0.2) is 0 Å².